The molecule has 0 saturated heterocycles. The minimum atomic E-state index is 0.629. The summed E-state index contributed by atoms with van der Waals surface area (Å²) in [7, 11) is 0. The Morgan fingerprint density at radius 1 is 1.35 bits per heavy atom. The molecule has 0 aliphatic rings. The molecular formula is C13H19N3S. The van der Waals surface area contributed by atoms with Crippen LogP contribution in [0.5, 0.6) is 0 Å². The van der Waals surface area contributed by atoms with Gasteiger partial charge in [-0.15, -0.1) is 11.3 Å². The molecule has 0 aromatic carbocycles. The van der Waals surface area contributed by atoms with Gasteiger partial charge < -0.3 is 4.57 Å². The Morgan fingerprint density at radius 3 is 2.88 bits per heavy atom. The highest BCUT2D eigenvalue weighted by Gasteiger charge is 2.08. The van der Waals surface area contributed by atoms with E-state index in [0.717, 1.165) is 41.8 Å². The highest BCUT2D eigenvalue weighted by molar-refractivity contribution is 7.16. The van der Waals surface area contributed by atoms with Gasteiger partial charge in [0.2, 0.25) is 0 Å². The third kappa shape index (κ3) is 2.41. The molecule has 0 radical (unpaired) electrons. The van der Waals surface area contributed by atoms with Crippen LogP contribution < -0.4 is 5.49 Å². The smallest absolute Gasteiger partial charge is 0.136 e. The first-order chi connectivity index (χ1) is 8.27. The molecule has 17 heavy (non-hydrogen) atoms. The molecule has 2 aromatic heterocycles. The van der Waals surface area contributed by atoms with Gasteiger partial charge in [-0.25, -0.2) is 4.98 Å². The molecular weight excluding hydrogens is 230 g/mol. The minimum absolute atomic E-state index is 0.629. The van der Waals surface area contributed by atoms with E-state index >= 15 is 0 Å². The highest BCUT2D eigenvalue weighted by atomic mass is 32.1. The molecule has 0 atom stereocenters. The van der Waals surface area contributed by atoms with Crippen LogP contribution in [0.15, 0.2) is 11.4 Å². The number of nitrogens with one attached hydrogen (secondary N) is 1. The first-order valence-electron chi connectivity index (χ1n) is 6.29. The quantitative estimate of drug-likeness (QED) is 0.867. The Labute approximate surface area is 106 Å². The Kier molecular flexibility index (Phi) is 3.94. The predicted octanol–water partition coefficient (Wildman–Crippen LogP) is 3.33. The van der Waals surface area contributed by atoms with Crippen LogP contribution in [-0.2, 0) is 13.0 Å². The van der Waals surface area contributed by atoms with Gasteiger partial charge >= 0.3 is 0 Å². The third-order valence-corrected chi connectivity index (χ3v) is 3.72. The monoisotopic (exact) mass is 249 g/mol. The van der Waals surface area contributed by atoms with Crippen molar-refractivity contribution in [1.29, 1.82) is 5.41 Å². The van der Waals surface area contributed by atoms with Gasteiger partial charge in [-0.2, -0.15) is 0 Å². The Hall–Kier alpha value is -1.16. The lowest BCUT2D eigenvalue weighted by atomic mass is 10.2. The van der Waals surface area contributed by atoms with Crippen molar-refractivity contribution in [1.82, 2.24) is 9.55 Å². The molecule has 2 aromatic rings. The molecule has 2 heterocycles. The van der Waals surface area contributed by atoms with E-state index in [1.54, 1.807) is 11.3 Å². The first-order valence-corrected chi connectivity index (χ1v) is 7.17. The Balaban J connectivity index is 2.53. The van der Waals surface area contributed by atoms with Gasteiger partial charge in [-0.1, -0.05) is 20.3 Å². The van der Waals surface area contributed by atoms with Gasteiger partial charge in [0.05, 0.1) is 5.39 Å². The zero-order chi connectivity index (χ0) is 12.3. The van der Waals surface area contributed by atoms with Crippen LogP contribution in [0.3, 0.4) is 0 Å². The van der Waals surface area contributed by atoms with Crippen molar-refractivity contribution in [2.24, 2.45) is 0 Å². The summed E-state index contributed by atoms with van der Waals surface area (Å²) in [5.74, 6) is 1.08. The summed E-state index contributed by atoms with van der Waals surface area (Å²) < 4.78 is 2.07. The lowest BCUT2D eigenvalue weighted by Gasteiger charge is -2.12. The summed E-state index contributed by atoms with van der Waals surface area (Å²) in [6.45, 7) is 5.24. The lowest BCUT2D eigenvalue weighted by Crippen LogP contribution is -2.25. The van der Waals surface area contributed by atoms with Crippen molar-refractivity contribution in [2.45, 2.75) is 46.1 Å². The average molecular weight is 249 g/mol. The molecule has 0 fully saturated rings. The van der Waals surface area contributed by atoms with Gasteiger partial charge in [-0.3, -0.25) is 5.41 Å². The molecule has 0 amide bonds. The number of nitrogens with zero attached hydrogens (tertiary/aromatic N) is 2. The molecule has 0 unspecified atom stereocenters. The molecule has 0 aliphatic heterocycles. The number of thiophene rings is 1. The Bertz CT molecular complexity index is 553. The van der Waals surface area contributed by atoms with Crippen molar-refractivity contribution in [3.05, 3.63) is 22.8 Å². The maximum atomic E-state index is 8.27. The van der Waals surface area contributed by atoms with E-state index in [1.807, 2.05) is 11.4 Å². The topological polar surface area (TPSA) is 41.7 Å². The maximum absolute atomic E-state index is 8.27. The van der Waals surface area contributed by atoms with E-state index < -0.39 is 0 Å². The molecule has 92 valence electrons. The summed E-state index contributed by atoms with van der Waals surface area (Å²) in [4.78, 5) is 5.72. The number of aryl methyl sites for hydroxylation is 1. The largest absolute Gasteiger partial charge is 0.314 e. The summed E-state index contributed by atoms with van der Waals surface area (Å²) in [6, 6.07) is 2.01. The van der Waals surface area contributed by atoms with Crippen LogP contribution in [0, 0.1) is 5.41 Å². The fourth-order valence-corrected chi connectivity index (χ4v) is 2.79. The van der Waals surface area contributed by atoms with Crippen LogP contribution in [-0.4, -0.2) is 9.55 Å². The third-order valence-electron chi connectivity index (χ3n) is 2.91. The average Bonchev–Trinajstić information content (AvgIpc) is 2.79. The van der Waals surface area contributed by atoms with Gasteiger partial charge in [0.1, 0.15) is 16.1 Å². The van der Waals surface area contributed by atoms with E-state index in [9.17, 15) is 0 Å². The number of aromatic nitrogens is 2. The molecule has 3 nitrogen and oxygen atoms in total. The second-order valence-electron chi connectivity index (χ2n) is 4.27. The summed E-state index contributed by atoms with van der Waals surface area (Å²) in [5.41, 5.74) is 0.629. The van der Waals surface area contributed by atoms with E-state index in [-0.39, 0.29) is 0 Å². The first kappa shape index (κ1) is 12.3. The van der Waals surface area contributed by atoms with E-state index in [1.165, 1.54) is 6.42 Å². The van der Waals surface area contributed by atoms with Crippen molar-refractivity contribution in [3.8, 4) is 0 Å². The molecule has 1 N–H and O–H groups in total. The molecule has 0 aliphatic carbocycles. The van der Waals surface area contributed by atoms with Crippen LogP contribution >= 0.6 is 11.3 Å². The lowest BCUT2D eigenvalue weighted by molar-refractivity contribution is 0.580. The summed E-state index contributed by atoms with van der Waals surface area (Å²) >= 11 is 1.63. The van der Waals surface area contributed by atoms with E-state index in [0.29, 0.717) is 5.49 Å². The van der Waals surface area contributed by atoms with E-state index in [2.05, 4.69) is 18.4 Å². The number of rotatable bonds is 5. The second kappa shape index (κ2) is 5.45. The predicted molar refractivity (Wildman–Crippen MR) is 72.4 cm³/mol. The normalized spacial score (nSPS) is 11.2. The SMILES string of the molecule is CCCCc1nc2sccc2c(=N)n1CCC. The van der Waals surface area contributed by atoms with Crippen molar-refractivity contribution < 1.29 is 0 Å². The van der Waals surface area contributed by atoms with Gasteiger partial charge in [-0.05, 0) is 24.3 Å². The molecule has 0 saturated carbocycles. The van der Waals surface area contributed by atoms with Crippen molar-refractivity contribution in [3.63, 3.8) is 0 Å². The van der Waals surface area contributed by atoms with Crippen LogP contribution in [0.4, 0.5) is 0 Å². The standard InChI is InChI=1S/C13H19N3S/c1-3-5-6-11-15-13-10(7-9-17-13)12(14)16(11)8-4-2/h7,9,14H,3-6,8H2,1-2H3. The van der Waals surface area contributed by atoms with Crippen molar-refractivity contribution in [2.75, 3.05) is 0 Å². The molecule has 2 rings (SSSR count). The number of fused-ring (bicyclic) bond motifs is 1. The fourth-order valence-electron chi connectivity index (χ4n) is 2.01. The maximum Gasteiger partial charge on any atom is 0.136 e. The minimum Gasteiger partial charge on any atom is -0.314 e. The van der Waals surface area contributed by atoms with Gasteiger partial charge in [0, 0.05) is 13.0 Å². The molecule has 4 heteroatoms. The van der Waals surface area contributed by atoms with Crippen LogP contribution in [0.2, 0.25) is 0 Å². The summed E-state index contributed by atoms with van der Waals surface area (Å²) in [6.07, 6.45) is 4.35. The second-order valence-corrected chi connectivity index (χ2v) is 5.17. The zero-order valence-electron chi connectivity index (χ0n) is 10.5. The summed E-state index contributed by atoms with van der Waals surface area (Å²) in [5, 5.41) is 11.3. The number of unbranched alkanes of at least 4 members (excludes halogenated alkanes) is 1. The van der Waals surface area contributed by atoms with Crippen LogP contribution in [0.25, 0.3) is 10.2 Å². The number of hydrogen-bond donors (Lipinski definition) is 1. The van der Waals surface area contributed by atoms with E-state index in [4.69, 9.17) is 10.4 Å². The molecule has 0 spiro atoms. The highest BCUT2D eigenvalue weighted by Crippen LogP contribution is 2.16. The van der Waals surface area contributed by atoms with Crippen molar-refractivity contribution >= 4 is 21.6 Å². The van der Waals surface area contributed by atoms with Crippen LogP contribution in [0.1, 0.15) is 38.9 Å². The Morgan fingerprint density at radius 2 is 2.18 bits per heavy atom. The zero-order valence-corrected chi connectivity index (χ0v) is 11.3. The molecule has 0 bridgehead atoms. The number of hydrogen-bond acceptors (Lipinski definition) is 3. The van der Waals surface area contributed by atoms with Gasteiger partial charge in [0.15, 0.2) is 0 Å². The van der Waals surface area contributed by atoms with Gasteiger partial charge in [0.25, 0.3) is 0 Å². The fraction of sp³-hybridized carbons (Fsp3) is 0.538.